The Kier molecular flexibility index (Phi) is 5.08. The van der Waals surface area contributed by atoms with Crippen molar-refractivity contribution in [2.45, 2.75) is 33.3 Å². The van der Waals surface area contributed by atoms with Crippen LogP contribution in [0.5, 0.6) is 0 Å². The highest BCUT2D eigenvalue weighted by Gasteiger charge is 2.27. The number of aryl methyl sites for hydroxylation is 1. The number of ether oxygens (including phenoxy) is 2. The molecular weight excluding hydrogens is 292 g/mol. The fourth-order valence-electron chi connectivity index (χ4n) is 1.72. The van der Waals surface area contributed by atoms with Gasteiger partial charge < -0.3 is 9.47 Å². The number of methoxy groups -OCH3 is 1. The van der Waals surface area contributed by atoms with E-state index in [0.717, 1.165) is 7.11 Å². The number of carbonyl (C=O) groups excluding carboxylic acids is 2. The molecule has 0 fully saturated rings. The fraction of sp³-hybridized carbons (Fsp3) is 0.429. The quantitative estimate of drug-likeness (QED) is 0.522. The lowest BCUT2D eigenvalue weighted by atomic mass is 10.1. The van der Waals surface area contributed by atoms with Gasteiger partial charge in [0.15, 0.2) is 0 Å². The molecule has 0 saturated carbocycles. The van der Waals surface area contributed by atoms with Crippen LogP contribution in [-0.4, -0.2) is 29.7 Å². The lowest BCUT2D eigenvalue weighted by Crippen LogP contribution is -2.28. The predicted molar refractivity (Wildman–Crippen MR) is 79.0 cm³/mol. The Balaban J connectivity index is 3.33. The van der Waals surface area contributed by atoms with E-state index in [2.05, 4.69) is 10.1 Å². The molecular formula is C14H18N2O6. The van der Waals surface area contributed by atoms with Crippen molar-refractivity contribution < 1.29 is 24.0 Å². The lowest BCUT2D eigenvalue weighted by Gasteiger charge is -2.20. The van der Waals surface area contributed by atoms with Gasteiger partial charge in [0, 0.05) is 6.07 Å². The van der Waals surface area contributed by atoms with Crippen LogP contribution in [0, 0.1) is 17.0 Å². The van der Waals surface area contributed by atoms with E-state index in [1.807, 2.05) is 0 Å². The van der Waals surface area contributed by atoms with Gasteiger partial charge in [-0.3, -0.25) is 15.4 Å². The van der Waals surface area contributed by atoms with Crippen molar-refractivity contribution in [1.29, 1.82) is 0 Å². The molecule has 120 valence electrons. The molecule has 1 aromatic rings. The molecule has 1 aromatic carbocycles. The van der Waals surface area contributed by atoms with Crippen molar-refractivity contribution in [2.24, 2.45) is 0 Å². The maximum atomic E-state index is 11.8. The summed E-state index contributed by atoms with van der Waals surface area (Å²) in [4.78, 5) is 34.1. The zero-order valence-corrected chi connectivity index (χ0v) is 13.1. The van der Waals surface area contributed by atoms with Gasteiger partial charge in [-0.1, -0.05) is 0 Å². The fourth-order valence-corrected chi connectivity index (χ4v) is 1.72. The zero-order chi connectivity index (χ0) is 17.1. The summed E-state index contributed by atoms with van der Waals surface area (Å²) < 4.78 is 9.65. The third-order valence-electron chi connectivity index (χ3n) is 2.49. The van der Waals surface area contributed by atoms with Crippen LogP contribution in [-0.2, 0) is 9.47 Å². The van der Waals surface area contributed by atoms with E-state index < -0.39 is 28.3 Å². The number of esters is 1. The van der Waals surface area contributed by atoms with Crippen LogP contribution < -0.4 is 5.32 Å². The average molecular weight is 310 g/mol. The molecule has 0 atom stereocenters. The monoisotopic (exact) mass is 310 g/mol. The molecule has 22 heavy (non-hydrogen) atoms. The summed E-state index contributed by atoms with van der Waals surface area (Å²) in [6, 6.07) is 2.64. The van der Waals surface area contributed by atoms with Gasteiger partial charge in [-0.15, -0.1) is 0 Å². The molecule has 8 heteroatoms. The summed E-state index contributed by atoms with van der Waals surface area (Å²) in [5, 5.41) is 13.4. The van der Waals surface area contributed by atoms with Crippen LogP contribution >= 0.6 is 0 Å². The normalized spacial score (nSPS) is 10.8. The van der Waals surface area contributed by atoms with Crippen LogP contribution in [0.15, 0.2) is 12.1 Å². The minimum Gasteiger partial charge on any atom is -0.465 e. The highest BCUT2D eigenvalue weighted by Crippen LogP contribution is 2.31. The number of rotatable bonds is 3. The number of anilines is 1. The van der Waals surface area contributed by atoms with Crippen LogP contribution in [0.4, 0.5) is 16.2 Å². The Morgan fingerprint density at radius 2 is 1.86 bits per heavy atom. The van der Waals surface area contributed by atoms with Crippen molar-refractivity contribution >= 4 is 23.4 Å². The van der Waals surface area contributed by atoms with Gasteiger partial charge in [-0.2, -0.15) is 0 Å². The van der Waals surface area contributed by atoms with Crippen molar-refractivity contribution in [2.75, 3.05) is 12.4 Å². The molecule has 0 radical (unpaired) electrons. The molecule has 0 spiro atoms. The molecule has 0 aliphatic carbocycles. The van der Waals surface area contributed by atoms with Crippen molar-refractivity contribution in [3.05, 3.63) is 33.4 Å². The Bertz CT molecular complexity index is 618. The van der Waals surface area contributed by atoms with E-state index >= 15 is 0 Å². The highest BCUT2D eigenvalue weighted by molar-refractivity contribution is 6.02. The van der Waals surface area contributed by atoms with Gasteiger partial charge in [0.05, 0.1) is 17.6 Å². The number of nitrogens with zero attached hydrogens (tertiary/aromatic N) is 1. The van der Waals surface area contributed by atoms with Crippen molar-refractivity contribution in [1.82, 2.24) is 0 Å². The predicted octanol–water partition coefficient (Wildman–Crippen LogP) is 3.04. The number of nitro groups is 1. The molecule has 0 saturated heterocycles. The lowest BCUT2D eigenvalue weighted by molar-refractivity contribution is -0.384. The van der Waals surface area contributed by atoms with Crippen LogP contribution in [0.3, 0.4) is 0 Å². The van der Waals surface area contributed by atoms with Crippen LogP contribution in [0.2, 0.25) is 0 Å². The zero-order valence-electron chi connectivity index (χ0n) is 13.1. The standard InChI is InChI=1S/C14H18N2O6/c1-8-6-9(12(17)21-5)11(10(7-8)16(19)20)15-13(18)22-14(2,3)4/h6-7H,1-5H3,(H,15,18). The van der Waals surface area contributed by atoms with E-state index in [-0.39, 0.29) is 11.3 Å². The second-order valence-electron chi connectivity index (χ2n) is 5.58. The highest BCUT2D eigenvalue weighted by atomic mass is 16.6. The average Bonchev–Trinajstić information content (AvgIpc) is 2.36. The first kappa shape index (κ1) is 17.4. The minimum absolute atomic E-state index is 0.111. The minimum atomic E-state index is -0.899. The van der Waals surface area contributed by atoms with E-state index in [1.165, 1.54) is 12.1 Å². The number of amides is 1. The van der Waals surface area contributed by atoms with Gasteiger partial charge in [0.2, 0.25) is 0 Å². The van der Waals surface area contributed by atoms with Crippen LogP contribution in [0.1, 0.15) is 36.7 Å². The first-order chi connectivity index (χ1) is 10.0. The van der Waals surface area contributed by atoms with E-state index in [1.54, 1.807) is 27.7 Å². The molecule has 0 unspecified atom stereocenters. The second-order valence-corrected chi connectivity index (χ2v) is 5.58. The maximum absolute atomic E-state index is 11.8. The van der Waals surface area contributed by atoms with Gasteiger partial charge in [0.1, 0.15) is 11.3 Å². The molecule has 0 aromatic heterocycles. The molecule has 0 heterocycles. The first-order valence-corrected chi connectivity index (χ1v) is 6.42. The number of hydrogen-bond acceptors (Lipinski definition) is 6. The second kappa shape index (κ2) is 6.42. The topological polar surface area (TPSA) is 108 Å². The van der Waals surface area contributed by atoms with Gasteiger partial charge >= 0.3 is 12.1 Å². The van der Waals surface area contributed by atoms with Gasteiger partial charge in [-0.25, -0.2) is 9.59 Å². The van der Waals surface area contributed by atoms with Crippen molar-refractivity contribution in [3.63, 3.8) is 0 Å². The number of benzene rings is 1. The molecule has 0 aliphatic rings. The Morgan fingerprint density at radius 1 is 1.27 bits per heavy atom. The van der Waals surface area contributed by atoms with Crippen molar-refractivity contribution in [3.8, 4) is 0 Å². The molecule has 1 rings (SSSR count). The molecule has 0 bridgehead atoms. The summed E-state index contributed by atoms with van der Waals surface area (Å²) in [5.41, 5.74) is -1.07. The third kappa shape index (κ3) is 4.44. The number of carbonyl (C=O) groups is 2. The SMILES string of the molecule is COC(=O)c1cc(C)cc([N+](=O)[O-])c1NC(=O)OC(C)(C)C. The number of nitrogens with one attached hydrogen (secondary N) is 1. The Labute approximate surface area is 127 Å². The molecule has 1 N–H and O–H groups in total. The Morgan fingerprint density at radius 3 is 2.32 bits per heavy atom. The first-order valence-electron chi connectivity index (χ1n) is 6.42. The van der Waals surface area contributed by atoms with Crippen LogP contribution in [0.25, 0.3) is 0 Å². The Hall–Kier alpha value is -2.64. The smallest absolute Gasteiger partial charge is 0.412 e. The summed E-state index contributed by atoms with van der Waals surface area (Å²) in [5.74, 6) is -0.794. The summed E-state index contributed by atoms with van der Waals surface area (Å²) in [6.45, 7) is 6.54. The molecule has 0 aliphatic heterocycles. The number of hydrogen-bond donors (Lipinski definition) is 1. The maximum Gasteiger partial charge on any atom is 0.412 e. The van der Waals surface area contributed by atoms with E-state index in [9.17, 15) is 19.7 Å². The van der Waals surface area contributed by atoms with E-state index in [0.29, 0.717) is 5.56 Å². The third-order valence-corrected chi connectivity index (χ3v) is 2.49. The largest absolute Gasteiger partial charge is 0.465 e. The molecule has 1 amide bonds. The van der Waals surface area contributed by atoms with E-state index in [4.69, 9.17) is 4.74 Å². The summed E-state index contributed by atoms with van der Waals surface area (Å²) in [6.07, 6.45) is -0.899. The summed E-state index contributed by atoms with van der Waals surface area (Å²) >= 11 is 0. The van der Waals surface area contributed by atoms with Gasteiger partial charge in [-0.05, 0) is 39.3 Å². The summed E-state index contributed by atoms with van der Waals surface area (Å²) in [7, 11) is 1.15. The van der Waals surface area contributed by atoms with Gasteiger partial charge in [0.25, 0.3) is 5.69 Å². The number of nitro benzene ring substituents is 1. The molecule has 8 nitrogen and oxygen atoms in total.